The molecule has 2 N–H and O–H groups in total. The number of hydrogen-bond acceptors (Lipinski definition) is 2. The lowest BCUT2D eigenvalue weighted by Gasteiger charge is -2.39. The standard InChI is InChI=1S/C17H25NO2/c1-16(2,14-9-5-3-6-10-14)15(20)18-17(13-19)11-7-4-8-12-17/h3,5-6,9-10,19H,4,7-8,11-13H2,1-2H3,(H,18,20). The number of hydrogen-bond donors (Lipinski definition) is 2. The lowest BCUT2D eigenvalue weighted by molar-refractivity contribution is -0.128. The van der Waals surface area contributed by atoms with Gasteiger partial charge in [0.15, 0.2) is 0 Å². The van der Waals surface area contributed by atoms with Crippen LogP contribution in [0, 0.1) is 0 Å². The minimum Gasteiger partial charge on any atom is -0.394 e. The molecule has 1 saturated carbocycles. The zero-order valence-electron chi connectivity index (χ0n) is 12.5. The first kappa shape index (κ1) is 15.0. The molecule has 110 valence electrons. The van der Waals surface area contributed by atoms with E-state index in [2.05, 4.69) is 5.32 Å². The number of carbonyl (C=O) groups excluding carboxylic acids is 1. The van der Waals surface area contributed by atoms with Crippen LogP contribution < -0.4 is 5.32 Å². The molecule has 1 amide bonds. The molecule has 1 aliphatic carbocycles. The molecular formula is C17H25NO2. The van der Waals surface area contributed by atoms with Crippen molar-refractivity contribution in [3.63, 3.8) is 0 Å². The van der Waals surface area contributed by atoms with Gasteiger partial charge in [-0.05, 0) is 32.3 Å². The summed E-state index contributed by atoms with van der Waals surface area (Å²) in [5, 5.41) is 12.8. The maximum atomic E-state index is 12.7. The van der Waals surface area contributed by atoms with Crippen LogP contribution in [0.5, 0.6) is 0 Å². The van der Waals surface area contributed by atoms with E-state index in [0.717, 1.165) is 31.2 Å². The van der Waals surface area contributed by atoms with E-state index in [-0.39, 0.29) is 12.5 Å². The van der Waals surface area contributed by atoms with Gasteiger partial charge in [-0.1, -0.05) is 49.6 Å². The first-order chi connectivity index (χ1) is 9.50. The van der Waals surface area contributed by atoms with Crippen LogP contribution in [0.2, 0.25) is 0 Å². The van der Waals surface area contributed by atoms with Crippen molar-refractivity contribution in [2.45, 2.75) is 56.9 Å². The van der Waals surface area contributed by atoms with Gasteiger partial charge in [0.1, 0.15) is 0 Å². The lowest BCUT2D eigenvalue weighted by Crippen LogP contribution is -2.56. The van der Waals surface area contributed by atoms with Crippen LogP contribution in [0.1, 0.15) is 51.5 Å². The molecule has 0 aromatic heterocycles. The van der Waals surface area contributed by atoms with Crippen LogP contribution in [0.3, 0.4) is 0 Å². The van der Waals surface area contributed by atoms with Gasteiger partial charge >= 0.3 is 0 Å². The minimum atomic E-state index is -0.582. The van der Waals surface area contributed by atoms with Crippen LogP contribution in [-0.4, -0.2) is 23.2 Å². The van der Waals surface area contributed by atoms with Crippen molar-refractivity contribution < 1.29 is 9.90 Å². The average molecular weight is 275 g/mol. The molecule has 0 unspecified atom stereocenters. The Hall–Kier alpha value is -1.35. The van der Waals surface area contributed by atoms with Crippen LogP contribution in [0.25, 0.3) is 0 Å². The van der Waals surface area contributed by atoms with Crippen molar-refractivity contribution in [1.29, 1.82) is 0 Å². The number of amides is 1. The molecule has 3 nitrogen and oxygen atoms in total. The number of carbonyl (C=O) groups is 1. The maximum absolute atomic E-state index is 12.7. The molecule has 0 saturated heterocycles. The van der Waals surface area contributed by atoms with E-state index in [1.54, 1.807) is 0 Å². The van der Waals surface area contributed by atoms with E-state index in [0.29, 0.717) is 0 Å². The van der Waals surface area contributed by atoms with Crippen molar-refractivity contribution in [2.75, 3.05) is 6.61 Å². The molecule has 1 aliphatic rings. The van der Waals surface area contributed by atoms with Crippen molar-refractivity contribution in [3.05, 3.63) is 35.9 Å². The smallest absolute Gasteiger partial charge is 0.230 e. The van der Waals surface area contributed by atoms with Crippen molar-refractivity contribution >= 4 is 5.91 Å². The summed E-state index contributed by atoms with van der Waals surface area (Å²) in [5.41, 5.74) is 0.00354. The first-order valence-electron chi connectivity index (χ1n) is 7.49. The molecule has 0 spiro atoms. The number of nitrogens with one attached hydrogen (secondary N) is 1. The van der Waals surface area contributed by atoms with Gasteiger partial charge in [0.2, 0.25) is 5.91 Å². The Morgan fingerprint density at radius 3 is 2.35 bits per heavy atom. The van der Waals surface area contributed by atoms with Gasteiger partial charge in [0.05, 0.1) is 17.6 Å². The van der Waals surface area contributed by atoms with Crippen LogP contribution in [0.15, 0.2) is 30.3 Å². The third kappa shape index (κ3) is 3.04. The van der Waals surface area contributed by atoms with E-state index < -0.39 is 11.0 Å². The van der Waals surface area contributed by atoms with Gasteiger partial charge in [-0.2, -0.15) is 0 Å². The van der Waals surface area contributed by atoms with Crippen LogP contribution >= 0.6 is 0 Å². The molecule has 0 radical (unpaired) electrons. The molecule has 1 aromatic carbocycles. The number of aliphatic hydroxyl groups is 1. The SMILES string of the molecule is CC(C)(C(=O)NC1(CO)CCCCC1)c1ccccc1. The summed E-state index contributed by atoms with van der Waals surface area (Å²) in [6.45, 7) is 3.90. The third-order valence-corrected chi connectivity index (χ3v) is 4.56. The molecule has 0 heterocycles. The summed E-state index contributed by atoms with van der Waals surface area (Å²) >= 11 is 0. The van der Waals surface area contributed by atoms with Gasteiger partial charge in [0, 0.05) is 0 Å². The highest BCUT2D eigenvalue weighted by Crippen LogP contribution is 2.30. The van der Waals surface area contributed by atoms with Gasteiger partial charge in [0.25, 0.3) is 0 Å². The highest BCUT2D eigenvalue weighted by molar-refractivity contribution is 5.87. The van der Waals surface area contributed by atoms with E-state index in [1.165, 1.54) is 6.42 Å². The molecular weight excluding hydrogens is 250 g/mol. The number of rotatable bonds is 4. The lowest BCUT2D eigenvalue weighted by atomic mass is 9.79. The van der Waals surface area contributed by atoms with Crippen molar-refractivity contribution in [1.82, 2.24) is 5.32 Å². The second-order valence-electron chi connectivity index (χ2n) is 6.44. The van der Waals surface area contributed by atoms with E-state index in [1.807, 2.05) is 44.2 Å². The monoisotopic (exact) mass is 275 g/mol. The molecule has 2 rings (SSSR count). The van der Waals surface area contributed by atoms with Gasteiger partial charge in [-0.15, -0.1) is 0 Å². The summed E-state index contributed by atoms with van der Waals surface area (Å²) in [6, 6.07) is 9.81. The molecule has 3 heteroatoms. The summed E-state index contributed by atoms with van der Waals surface area (Å²) in [4.78, 5) is 12.7. The Morgan fingerprint density at radius 1 is 1.20 bits per heavy atom. The normalized spacial score (nSPS) is 18.6. The fraction of sp³-hybridized carbons (Fsp3) is 0.588. The van der Waals surface area contributed by atoms with Crippen molar-refractivity contribution in [3.8, 4) is 0 Å². The summed E-state index contributed by atoms with van der Waals surface area (Å²) in [7, 11) is 0. The fourth-order valence-corrected chi connectivity index (χ4v) is 2.93. The molecule has 0 aliphatic heterocycles. The molecule has 1 aromatic rings. The summed E-state index contributed by atoms with van der Waals surface area (Å²) in [6.07, 6.45) is 5.10. The number of benzene rings is 1. The van der Waals surface area contributed by atoms with Gasteiger partial charge in [-0.25, -0.2) is 0 Å². The van der Waals surface area contributed by atoms with E-state index in [9.17, 15) is 9.90 Å². The largest absolute Gasteiger partial charge is 0.394 e. The van der Waals surface area contributed by atoms with Gasteiger partial charge in [-0.3, -0.25) is 4.79 Å². The fourth-order valence-electron chi connectivity index (χ4n) is 2.93. The highest BCUT2D eigenvalue weighted by Gasteiger charge is 2.38. The second kappa shape index (κ2) is 5.96. The first-order valence-corrected chi connectivity index (χ1v) is 7.49. The summed E-state index contributed by atoms with van der Waals surface area (Å²) in [5.74, 6) is -0.000324. The molecule has 20 heavy (non-hydrogen) atoms. The summed E-state index contributed by atoms with van der Waals surface area (Å²) < 4.78 is 0. The topological polar surface area (TPSA) is 49.3 Å². The van der Waals surface area contributed by atoms with Crippen molar-refractivity contribution in [2.24, 2.45) is 0 Å². The minimum absolute atomic E-state index is 0.000324. The Kier molecular flexibility index (Phi) is 4.48. The Labute approximate surface area is 121 Å². The van der Waals surface area contributed by atoms with E-state index >= 15 is 0 Å². The Bertz CT molecular complexity index is 447. The zero-order chi connectivity index (χ0) is 14.6. The van der Waals surface area contributed by atoms with Gasteiger partial charge < -0.3 is 10.4 Å². The van der Waals surface area contributed by atoms with Crippen LogP contribution in [-0.2, 0) is 10.2 Å². The maximum Gasteiger partial charge on any atom is 0.230 e. The quantitative estimate of drug-likeness (QED) is 0.887. The third-order valence-electron chi connectivity index (χ3n) is 4.56. The Morgan fingerprint density at radius 2 is 1.80 bits per heavy atom. The van der Waals surface area contributed by atoms with E-state index in [4.69, 9.17) is 0 Å². The molecule has 0 atom stereocenters. The average Bonchev–Trinajstić information content (AvgIpc) is 2.49. The molecule has 1 fully saturated rings. The Balaban J connectivity index is 2.14. The molecule has 0 bridgehead atoms. The highest BCUT2D eigenvalue weighted by atomic mass is 16.3. The predicted molar refractivity (Wildman–Crippen MR) is 80.5 cm³/mol. The zero-order valence-corrected chi connectivity index (χ0v) is 12.5. The predicted octanol–water partition coefficient (Wildman–Crippen LogP) is 2.78. The van der Waals surface area contributed by atoms with Crippen LogP contribution in [0.4, 0.5) is 0 Å². The second-order valence-corrected chi connectivity index (χ2v) is 6.44. The number of aliphatic hydroxyl groups excluding tert-OH is 1.